The average molecular weight is 456 g/mol. The molecule has 3 rings (SSSR count). The van der Waals surface area contributed by atoms with Gasteiger partial charge in [0.25, 0.3) is 11.5 Å². The summed E-state index contributed by atoms with van der Waals surface area (Å²) in [5, 5.41) is 10.6. The molecule has 0 radical (unpaired) electrons. The van der Waals surface area contributed by atoms with Gasteiger partial charge in [-0.15, -0.1) is 0 Å². The molecule has 0 saturated heterocycles. The molecule has 32 heavy (non-hydrogen) atoms. The largest absolute Gasteiger partial charge is 0.453 e. The van der Waals surface area contributed by atoms with Crippen LogP contribution >= 0.6 is 11.6 Å². The number of likely N-dealkylation sites (N-methyl/N-ethyl adjacent to an activating group) is 1. The summed E-state index contributed by atoms with van der Waals surface area (Å²) in [4.78, 5) is 27.0. The minimum atomic E-state index is -0.348. The topological polar surface area (TPSA) is 88.5 Å². The second-order valence-electron chi connectivity index (χ2n) is 7.59. The average Bonchev–Trinajstić information content (AvgIpc) is 2.76. The predicted molar refractivity (Wildman–Crippen MR) is 126 cm³/mol. The van der Waals surface area contributed by atoms with Crippen LogP contribution in [-0.2, 0) is 7.05 Å². The van der Waals surface area contributed by atoms with Crippen LogP contribution in [0, 0.1) is 6.92 Å². The van der Waals surface area contributed by atoms with Gasteiger partial charge in [-0.1, -0.05) is 11.6 Å². The molecule has 0 aliphatic carbocycles. The molecule has 0 bridgehead atoms. The molecule has 0 fully saturated rings. The Morgan fingerprint density at radius 1 is 1.19 bits per heavy atom. The lowest BCUT2D eigenvalue weighted by molar-refractivity contribution is 0.0951. The first kappa shape index (κ1) is 23.3. The first-order valence-electron chi connectivity index (χ1n) is 10.0. The molecule has 168 valence electrons. The van der Waals surface area contributed by atoms with Crippen LogP contribution in [0.15, 0.2) is 53.5 Å². The summed E-state index contributed by atoms with van der Waals surface area (Å²) in [5.74, 6) is 0.662. The molecule has 0 aliphatic heterocycles. The highest BCUT2D eigenvalue weighted by atomic mass is 35.5. The van der Waals surface area contributed by atoms with E-state index in [1.54, 1.807) is 49.5 Å². The highest BCUT2D eigenvalue weighted by molar-refractivity contribution is 6.31. The maximum absolute atomic E-state index is 12.7. The molecule has 0 saturated carbocycles. The Morgan fingerprint density at radius 3 is 2.56 bits per heavy atom. The van der Waals surface area contributed by atoms with Gasteiger partial charge < -0.3 is 20.3 Å². The molecule has 0 atom stereocenters. The van der Waals surface area contributed by atoms with Crippen molar-refractivity contribution in [1.82, 2.24) is 20.0 Å². The van der Waals surface area contributed by atoms with Gasteiger partial charge in [-0.25, -0.2) is 4.68 Å². The lowest BCUT2D eigenvalue weighted by Gasteiger charge is -2.14. The second-order valence-corrected chi connectivity index (χ2v) is 7.99. The molecular formula is C23H26ClN5O3. The molecule has 2 N–H and O–H groups in total. The summed E-state index contributed by atoms with van der Waals surface area (Å²) in [7, 11) is 5.45. The smallest absolute Gasteiger partial charge is 0.294 e. The van der Waals surface area contributed by atoms with Gasteiger partial charge >= 0.3 is 0 Å². The van der Waals surface area contributed by atoms with Crippen molar-refractivity contribution < 1.29 is 9.53 Å². The normalized spacial score (nSPS) is 10.8. The van der Waals surface area contributed by atoms with E-state index in [1.165, 1.54) is 10.9 Å². The van der Waals surface area contributed by atoms with Gasteiger partial charge in [0.2, 0.25) is 0 Å². The van der Waals surface area contributed by atoms with Gasteiger partial charge in [0.15, 0.2) is 11.4 Å². The van der Waals surface area contributed by atoms with E-state index in [4.69, 9.17) is 16.3 Å². The van der Waals surface area contributed by atoms with Crippen molar-refractivity contribution >= 4 is 28.9 Å². The van der Waals surface area contributed by atoms with Crippen LogP contribution in [0.25, 0.3) is 0 Å². The summed E-state index contributed by atoms with van der Waals surface area (Å²) in [5.41, 5.74) is 1.91. The zero-order chi connectivity index (χ0) is 23.3. The Labute approximate surface area is 191 Å². The highest BCUT2D eigenvalue weighted by Crippen LogP contribution is 2.30. The Kier molecular flexibility index (Phi) is 7.50. The molecule has 0 spiro atoms. The van der Waals surface area contributed by atoms with E-state index in [0.29, 0.717) is 28.6 Å². The van der Waals surface area contributed by atoms with E-state index in [9.17, 15) is 9.59 Å². The number of hydrogen-bond acceptors (Lipinski definition) is 6. The number of carbonyl (C=O) groups excluding carboxylic acids is 1. The van der Waals surface area contributed by atoms with Crippen LogP contribution in [0.3, 0.4) is 0 Å². The Bertz CT molecular complexity index is 1160. The van der Waals surface area contributed by atoms with Crippen LogP contribution in [0.2, 0.25) is 5.02 Å². The number of benzene rings is 2. The standard InChI is InChI=1S/C23H26ClN5O3/c1-15-13-18(9-10-19(15)24)32-20-14-26-29(4)23(31)21(20)27-17-7-5-16(6-8-17)22(30)25-11-12-28(2)3/h5-10,13-14,27H,11-12H2,1-4H3,(H,25,30). The van der Waals surface area contributed by atoms with Gasteiger partial charge in [-0.2, -0.15) is 5.10 Å². The third-order valence-electron chi connectivity index (χ3n) is 4.72. The number of amides is 1. The summed E-state index contributed by atoms with van der Waals surface area (Å²) < 4.78 is 7.13. The Hall–Kier alpha value is -3.36. The van der Waals surface area contributed by atoms with Crippen LogP contribution < -0.4 is 20.9 Å². The summed E-state index contributed by atoms with van der Waals surface area (Å²) in [6.07, 6.45) is 1.47. The number of ether oxygens (including phenoxy) is 1. The maximum Gasteiger partial charge on any atom is 0.294 e. The number of nitrogens with one attached hydrogen (secondary N) is 2. The number of aryl methyl sites for hydroxylation is 2. The molecule has 3 aromatic rings. The number of rotatable bonds is 8. The van der Waals surface area contributed by atoms with Crippen LogP contribution in [0.1, 0.15) is 15.9 Å². The van der Waals surface area contributed by atoms with Crippen LogP contribution in [-0.4, -0.2) is 47.8 Å². The number of aromatic nitrogens is 2. The van der Waals surface area contributed by atoms with Gasteiger partial charge in [-0.3, -0.25) is 9.59 Å². The molecule has 2 aromatic carbocycles. The zero-order valence-electron chi connectivity index (χ0n) is 18.5. The van der Waals surface area contributed by atoms with E-state index in [-0.39, 0.29) is 22.9 Å². The summed E-state index contributed by atoms with van der Waals surface area (Å²) in [6, 6.07) is 12.1. The molecule has 0 aliphatic rings. The third-order valence-corrected chi connectivity index (χ3v) is 5.14. The minimum absolute atomic E-state index is 0.152. The first-order chi connectivity index (χ1) is 15.2. The van der Waals surface area contributed by atoms with Crippen molar-refractivity contribution in [2.75, 3.05) is 32.5 Å². The van der Waals surface area contributed by atoms with Gasteiger partial charge in [0.1, 0.15) is 5.75 Å². The number of hydrogen-bond donors (Lipinski definition) is 2. The first-order valence-corrected chi connectivity index (χ1v) is 10.4. The van der Waals surface area contributed by atoms with Crippen LogP contribution in [0.4, 0.5) is 11.4 Å². The van der Waals surface area contributed by atoms with E-state index < -0.39 is 0 Å². The second kappa shape index (κ2) is 10.3. The fourth-order valence-electron chi connectivity index (χ4n) is 2.87. The fourth-order valence-corrected chi connectivity index (χ4v) is 2.99. The van der Waals surface area contributed by atoms with Crippen molar-refractivity contribution in [2.24, 2.45) is 7.05 Å². The molecule has 0 unspecified atom stereocenters. The quantitative estimate of drug-likeness (QED) is 0.540. The van der Waals surface area contributed by atoms with E-state index in [1.807, 2.05) is 25.9 Å². The number of nitrogens with zero attached hydrogens (tertiary/aromatic N) is 3. The van der Waals surface area contributed by atoms with Crippen molar-refractivity contribution in [3.63, 3.8) is 0 Å². The Morgan fingerprint density at radius 2 is 1.91 bits per heavy atom. The van der Waals surface area contributed by atoms with Gasteiger partial charge in [-0.05, 0) is 69.0 Å². The van der Waals surface area contributed by atoms with E-state index in [0.717, 1.165) is 12.1 Å². The lowest BCUT2D eigenvalue weighted by atomic mass is 10.2. The highest BCUT2D eigenvalue weighted by Gasteiger charge is 2.14. The number of anilines is 2. The van der Waals surface area contributed by atoms with E-state index in [2.05, 4.69) is 15.7 Å². The van der Waals surface area contributed by atoms with Crippen molar-refractivity contribution in [1.29, 1.82) is 0 Å². The monoisotopic (exact) mass is 455 g/mol. The number of halogens is 1. The molecule has 1 amide bonds. The Balaban J connectivity index is 1.79. The SMILES string of the molecule is Cc1cc(Oc2cnn(C)c(=O)c2Nc2ccc(C(=O)NCCN(C)C)cc2)ccc1Cl. The minimum Gasteiger partial charge on any atom is -0.453 e. The molecule has 8 nitrogen and oxygen atoms in total. The van der Waals surface area contributed by atoms with Gasteiger partial charge in [0.05, 0.1) is 6.20 Å². The third kappa shape index (κ3) is 5.87. The van der Waals surface area contributed by atoms with E-state index >= 15 is 0 Å². The van der Waals surface area contributed by atoms with Crippen molar-refractivity contribution in [3.05, 3.63) is 75.2 Å². The molecular weight excluding hydrogens is 430 g/mol. The van der Waals surface area contributed by atoms with Gasteiger partial charge in [0, 0.05) is 36.4 Å². The molecule has 9 heteroatoms. The summed E-state index contributed by atoms with van der Waals surface area (Å²) >= 11 is 6.08. The predicted octanol–water partition coefficient (Wildman–Crippen LogP) is 3.57. The maximum atomic E-state index is 12.7. The van der Waals surface area contributed by atoms with Crippen molar-refractivity contribution in [3.8, 4) is 11.5 Å². The summed E-state index contributed by atoms with van der Waals surface area (Å²) in [6.45, 7) is 3.19. The zero-order valence-corrected chi connectivity index (χ0v) is 19.2. The van der Waals surface area contributed by atoms with Crippen LogP contribution in [0.5, 0.6) is 11.5 Å². The fraction of sp³-hybridized carbons (Fsp3) is 0.261. The van der Waals surface area contributed by atoms with Crippen molar-refractivity contribution in [2.45, 2.75) is 6.92 Å². The number of carbonyl (C=O) groups is 1. The lowest BCUT2D eigenvalue weighted by Crippen LogP contribution is -2.31. The molecule has 1 aromatic heterocycles. The molecule has 1 heterocycles.